The van der Waals surface area contributed by atoms with Gasteiger partial charge in [0.05, 0.1) is 6.04 Å². The summed E-state index contributed by atoms with van der Waals surface area (Å²) in [5.41, 5.74) is 3.94. The molecule has 0 saturated heterocycles. The number of nitrogens with zero attached hydrogens (tertiary/aromatic N) is 1. The third-order valence-corrected chi connectivity index (χ3v) is 5.63. The van der Waals surface area contributed by atoms with Crippen molar-refractivity contribution in [2.24, 2.45) is 0 Å². The Morgan fingerprint density at radius 2 is 1.21 bits per heavy atom. The number of hydrogen-bond donors (Lipinski definition) is 0. The Bertz CT molecular complexity index is 1130. The molecule has 4 aromatic rings. The summed E-state index contributed by atoms with van der Waals surface area (Å²) in [6.07, 6.45) is 7.78. The van der Waals surface area contributed by atoms with E-state index < -0.39 is 0 Å². The summed E-state index contributed by atoms with van der Waals surface area (Å²) < 4.78 is 0. The molecule has 1 aliphatic rings. The van der Waals surface area contributed by atoms with Gasteiger partial charge in [-0.05, 0) is 36.2 Å². The lowest BCUT2D eigenvalue weighted by molar-refractivity contribution is 0.761. The second kappa shape index (κ2) is 7.01. The highest BCUT2D eigenvalue weighted by Crippen LogP contribution is 2.39. The number of benzene rings is 4. The van der Waals surface area contributed by atoms with Gasteiger partial charge in [-0.1, -0.05) is 96.6 Å². The first-order chi connectivity index (χ1) is 13.8. The molecule has 0 amide bonds. The van der Waals surface area contributed by atoms with E-state index in [1.165, 1.54) is 38.5 Å². The van der Waals surface area contributed by atoms with Crippen LogP contribution in [-0.4, -0.2) is 6.04 Å². The van der Waals surface area contributed by atoms with E-state index in [2.05, 4.69) is 115 Å². The molecule has 1 nitrogen and oxygen atoms in total. The van der Waals surface area contributed by atoms with Crippen LogP contribution in [0.5, 0.6) is 0 Å². The molecule has 0 fully saturated rings. The van der Waals surface area contributed by atoms with Gasteiger partial charge >= 0.3 is 0 Å². The summed E-state index contributed by atoms with van der Waals surface area (Å²) in [6.45, 7) is 2.22. The van der Waals surface area contributed by atoms with Crippen molar-refractivity contribution in [3.05, 3.63) is 109 Å². The van der Waals surface area contributed by atoms with E-state index in [-0.39, 0.29) is 0 Å². The first-order valence-electron chi connectivity index (χ1n) is 9.90. The van der Waals surface area contributed by atoms with Crippen LogP contribution < -0.4 is 4.90 Å². The topological polar surface area (TPSA) is 3.24 Å². The second-order valence-corrected chi connectivity index (χ2v) is 7.54. The van der Waals surface area contributed by atoms with Crippen molar-refractivity contribution in [1.82, 2.24) is 0 Å². The molecule has 28 heavy (non-hydrogen) atoms. The third kappa shape index (κ3) is 2.90. The fraction of sp³-hybridized carbons (Fsp3) is 0.111. The van der Waals surface area contributed by atoms with Crippen molar-refractivity contribution < 1.29 is 0 Å². The molecule has 1 heteroatoms. The molecule has 136 valence electrons. The van der Waals surface area contributed by atoms with E-state index in [1.807, 2.05) is 0 Å². The number of rotatable bonds is 3. The van der Waals surface area contributed by atoms with Crippen LogP contribution in [0.1, 0.15) is 13.3 Å². The lowest BCUT2D eigenvalue weighted by atomic mass is 9.96. The normalized spacial score (nSPS) is 16.3. The molecule has 0 bridgehead atoms. The Balaban J connectivity index is 1.78. The quantitative estimate of drug-likeness (QED) is 0.367. The Morgan fingerprint density at radius 1 is 0.679 bits per heavy atom. The minimum Gasteiger partial charge on any atom is -0.333 e. The maximum atomic E-state index is 2.53. The molecule has 5 rings (SSSR count). The van der Waals surface area contributed by atoms with Gasteiger partial charge in [0.25, 0.3) is 0 Å². The van der Waals surface area contributed by atoms with Crippen LogP contribution >= 0.6 is 0 Å². The fourth-order valence-corrected chi connectivity index (χ4v) is 4.32. The predicted molar refractivity (Wildman–Crippen MR) is 121 cm³/mol. The number of anilines is 2. The van der Waals surface area contributed by atoms with Gasteiger partial charge in [-0.2, -0.15) is 0 Å². The molecule has 1 atom stereocenters. The molecule has 0 aromatic heterocycles. The van der Waals surface area contributed by atoms with Gasteiger partial charge < -0.3 is 4.90 Å². The molecular weight excluding hydrogens is 338 g/mol. The van der Waals surface area contributed by atoms with Gasteiger partial charge in [0, 0.05) is 22.1 Å². The average molecular weight is 361 g/mol. The summed E-state index contributed by atoms with van der Waals surface area (Å²) in [5.74, 6) is 0. The zero-order chi connectivity index (χ0) is 18.9. The summed E-state index contributed by atoms with van der Waals surface area (Å²) >= 11 is 0. The number of hydrogen-bond acceptors (Lipinski definition) is 1. The van der Waals surface area contributed by atoms with Gasteiger partial charge in [-0.3, -0.25) is 0 Å². The SMILES string of the molecule is CC1=CC=C[C@H](N(c2cccc3ccccc23)c2cccc3ccccc23)C1. The maximum Gasteiger partial charge on any atom is 0.0562 e. The van der Waals surface area contributed by atoms with Crippen LogP contribution in [-0.2, 0) is 0 Å². The molecule has 0 heterocycles. The minimum absolute atomic E-state index is 0.293. The molecule has 0 aliphatic heterocycles. The zero-order valence-corrected chi connectivity index (χ0v) is 16.0. The first-order valence-corrected chi connectivity index (χ1v) is 9.90. The summed E-state index contributed by atoms with van der Waals surface area (Å²) in [5, 5.41) is 5.13. The van der Waals surface area contributed by atoms with Crippen molar-refractivity contribution in [3.63, 3.8) is 0 Å². The summed E-state index contributed by atoms with van der Waals surface area (Å²) in [4.78, 5) is 2.53. The van der Waals surface area contributed by atoms with Crippen molar-refractivity contribution in [1.29, 1.82) is 0 Å². The van der Waals surface area contributed by atoms with Crippen molar-refractivity contribution in [3.8, 4) is 0 Å². The van der Waals surface area contributed by atoms with Gasteiger partial charge in [-0.15, -0.1) is 0 Å². The minimum atomic E-state index is 0.293. The highest BCUT2D eigenvalue weighted by molar-refractivity contribution is 6.02. The van der Waals surface area contributed by atoms with E-state index >= 15 is 0 Å². The lowest BCUT2D eigenvalue weighted by Gasteiger charge is -2.35. The Labute approximate surface area is 166 Å². The largest absolute Gasteiger partial charge is 0.333 e. The maximum absolute atomic E-state index is 2.53. The highest BCUT2D eigenvalue weighted by Gasteiger charge is 2.23. The first kappa shape index (κ1) is 16.8. The molecule has 0 radical (unpaired) electrons. The van der Waals surface area contributed by atoms with E-state index in [4.69, 9.17) is 0 Å². The highest BCUT2D eigenvalue weighted by atomic mass is 15.2. The van der Waals surface area contributed by atoms with Crippen LogP contribution in [0.4, 0.5) is 11.4 Å². The predicted octanol–water partition coefficient (Wildman–Crippen LogP) is 7.41. The van der Waals surface area contributed by atoms with Gasteiger partial charge in [-0.25, -0.2) is 0 Å². The average Bonchev–Trinajstić information content (AvgIpc) is 2.74. The summed E-state index contributed by atoms with van der Waals surface area (Å²) in [7, 11) is 0. The van der Waals surface area contributed by atoms with E-state index in [1.54, 1.807) is 0 Å². The molecule has 0 spiro atoms. The van der Waals surface area contributed by atoms with Crippen LogP contribution in [0.2, 0.25) is 0 Å². The Hall–Kier alpha value is -3.32. The smallest absolute Gasteiger partial charge is 0.0562 e. The molecular formula is C27H23N. The van der Waals surface area contributed by atoms with E-state index in [0.717, 1.165) is 6.42 Å². The molecule has 0 unspecified atom stereocenters. The molecule has 0 saturated carbocycles. The fourth-order valence-electron chi connectivity index (χ4n) is 4.32. The van der Waals surface area contributed by atoms with Crippen LogP contribution in [0.25, 0.3) is 21.5 Å². The molecule has 4 aromatic carbocycles. The molecule has 1 aliphatic carbocycles. The Morgan fingerprint density at radius 3 is 1.79 bits per heavy atom. The van der Waals surface area contributed by atoms with E-state index in [0.29, 0.717) is 6.04 Å². The van der Waals surface area contributed by atoms with Gasteiger partial charge in [0.1, 0.15) is 0 Å². The summed E-state index contributed by atoms with van der Waals surface area (Å²) in [6, 6.07) is 30.9. The van der Waals surface area contributed by atoms with Crippen LogP contribution in [0.3, 0.4) is 0 Å². The van der Waals surface area contributed by atoms with Crippen LogP contribution in [0.15, 0.2) is 109 Å². The van der Waals surface area contributed by atoms with Gasteiger partial charge in [0.2, 0.25) is 0 Å². The second-order valence-electron chi connectivity index (χ2n) is 7.54. The zero-order valence-electron chi connectivity index (χ0n) is 16.0. The van der Waals surface area contributed by atoms with Crippen molar-refractivity contribution in [2.45, 2.75) is 19.4 Å². The monoisotopic (exact) mass is 361 g/mol. The molecule has 0 N–H and O–H groups in total. The van der Waals surface area contributed by atoms with E-state index in [9.17, 15) is 0 Å². The van der Waals surface area contributed by atoms with Crippen LogP contribution in [0, 0.1) is 0 Å². The standard InChI is InChI=1S/C27H23N/c1-20-9-6-14-23(19-20)28(26-17-7-12-21-10-2-4-15-24(21)26)27-18-8-13-22-11-3-5-16-25(22)27/h2-18,23H,19H2,1H3/t23-/m0/s1. The number of allylic oxidation sites excluding steroid dienone is 2. The lowest BCUT2D eigenvalue weighted by Crippen LogP contribution is -2.31. The third-order valence-electron chi connectivity index (χ3n) is 5.63. The van der Waals surface area contributed by atoms with Crippen molar-refractivity contribution >= 4 is 32.9 Å². The Kier molecular flexibility index (Phi) is 4.21. The van der Waals surface area contributed by atoms with Crippen molar-refractivity contribution in [2.75, 3.05) is 4.90 Å². The number of fused-ring (bicyclic) bond motifs is 2. The van der Waals surface area contributed by atoms with Gasteiger partial charge in [0.15, 0.2) is 0 Å².